The zero-order valence-electron chi connectivity index (χ0n) is 14.2. The topological polar surface area (TPSA) is 80.9 Å². The van der Waals surface area contributed by atoms with Gasteiger partial charge in [-0.1, -0.05) is 16.8 Å². The third-order valence-electron chi connectivity index (χ3n) is 3.83. The van der Waals surface area contributed by atoms with Gasteiger partial charge in [0.1, 0.15) is 11.0 Å². The summed E-state index contributed by atoms with van der Waals surface area (Å²) in [5.41, 5.74) is 0.982. The molecule has 1 aromatic carbocycles. The van der Waals surface area contributed by atoms with Crippen LogP contribution in [0.2, 0.25) is 5.15 Å². The molecule has 0 saturated carbocycles. The van der Waals surface area contributed by atoms with Crippen LogP contribution in [0.15, 0.2) is 59.3 Å². The number of benzene rings is 1. The number of carbonyl (C=O) groups excluding carboxylic acids is 1. The van der Waals surface area contributed by atoms with E-state index in [4.69, 9.17) is 16.1 Å². The fourth-order valence-corrected chi connectivity index (χ4v) is 3.52. The van der Waals surface area contributed by atoms with Crippen LogP contribution in [0, 0.1) is 5.82 Å². The van der Waals surface area contributed by atoms with E-state index in [1.807, 2.05) is 12.1 Å². The second-order valence-electron chi connectivity index (χ2n) is 5.72. The molecular formula is C19H12ClFN4O2S. The molecule has 0 aliphatic carbocycles. The number of halogens is 2. The summed E-state index contributed by atoms with van der Waals surface area (Å²) in [5.74, 6) is 0.107. The molecule has 0 unspecified atom stereocenters. The number of rotatable bonds is 5. The molecule has 0 aliphatic heterocycles. The molecule has 1 N–H and O–H groups in total. The third-order valence-corrected chi connectivity index (χ3v) is 5.20. The van der Waals surface area contributed by atoms with Crippen molar-refractivity contribution >= 4 is 28.8 Å². The van der Waals surface area contributed by atoms with Crippen molar-refractivity contribution in [2.75, 3.05) is 0 Å². The summed E-state index contributed by atoms with van der Waals surface area (Å²) < 4.78 is 18.3. The Balaban J connectivity index is 1.44. The van der Waals surface area contributed by atoms with Gasteiger partial charge in [0.25, 0.3) is 11.8 Å². The second-order valence-corrected chi connectivity index (χ2v) is 7.25. The van der Waals surface area contributed by atoms with Gasteiger partial charge >= 0.3 is 0 Å². The minimum atomic E-state index is -0.329. The second kappa shape index (κ2) is 7.87. The monoisotopic (exact) mass is 414 g/mol. The van der Waals surface area contributed by atoms with Gasteiger partial charge < -0.3 is 9.84 Å². The maximum atomic E-state index is 13.0. The highest BCUT2D eigenvalue weighted by Crippen LogP contribution is 2.28. The fourth-order valence-electron chi connectivity index (χ4n) is 2.45. The van der Waals surface area contributed by atoms with Gasteiger partial charge in [-0.15, -0.1) is 11.3 Å². The van der Waals surface area contributed by atoms with Crippen LogP contribution < -0.4 is 5.32 Å². The van der Waals surface area contributed by atoms with Crippen molar-refractivity contribution in [1.29, 1.82) is 0 Å². The van der Waals surface area contributed by atoms with Gasteiger partial charge in [-0.25, -0.2) is 9.37 Å². The van der Waals surface area contributed by atoms with Crippen LogP contribution in [0.4, 0.5) is 4.39 Å². The van der Waals surface area contributed by atoms with Crippen LogP contribution in [0.3, 0.4) is 0 Å². The standard InChI is InChI=1S/C19H12ClFN4O2S/c20-16-14(2-1-9-22-16)18(26)23-10-13-7-8-15(28-13)19-24-17(25-27-19)11-3-5-12(21)6-4-11/h1-9H,10H2,(H,23,26). The van der Waals surface area contributed by atoms with Crippen molar-refractivity contribution < 1.29 is 13.7 Å². The van der Waals surface area contributed by atoms with Crippen LogP contribution in [-0.4, -0.2) is 21.0 Å². The van der Waals surface area contributed by atoms with Crippen LogP contribution in [0.1, 0.15) is 15.2 Å². The number of pyridine rings is 1. The Bertz CT molecular complexity index is 1130. The molecule has 0 spiro atoms. The smallest absolute Gasteiger partial charge is 0.268 e. The average molecular weight is 415 g/mol. The van der Waals surface area contributed by atoms with E-state index in [0.29, 0.717) is 29.4 Å². The lowest BCUT2D eigenvalue weighted by atomic mass is 10.2. The molecule has 6 nitrogen and oxygen atoms in total. The number of hydrogen-bond acceptors (Lipinski definition) is 6. The van der Waals surface area contributed by atoms with E-state index in [-0.39, 0.29) is 16.9 Å². The van der Waals surface area contributed by atoms with E-state index in [1.165, 1.54) is 29.7 Å². The van der Waals surface area contributed by atoms with Crippen LogP contribution in [0.25, 0.3) is 22.2 Å². The molecule has 4 aromatic rings. The number of hydrogen-bond donors (Lipinski definition) is 1. The lowest BCUT2D eigenvalue weighted by molar-refractivity contribution is 0.0951. The molecule has 0 atom stereocenters. The Kier molecular flexibility index (Phi) is 5.14. The maximum Gasteiger partial charge on any atom is 0.268 e. The summed E-state index contributed by atoms with van der Waals surface area (Å²) >= 11 is 7.35. The molecule has 28 heavy (non-hydrogen) atoms. The predicted octanol–water partition coefficient (Wildman–Crippen LogP) is 4.58. The van der Waals surface area contributed by atoms with Gasteiger partial charge in [-0.05, 0) is 48.5 Å². The highest BCUT2D eigenvalue weighted by molar-refractivity contribution is 7.15. The minimum absolute atomic E-state index is 0.158. The number of carbonyl (C=O) groups is 1. The van der Waals surface area contributed by atoms with E-state index in [2.05, 4.69) is 20.4 Å². The highest BCUT2D eigenvalue weighted by Gasteiger charge is 2.14. The van der Waals surface area contributed by atoms with E-state index >= 15 is 0 Å². The van der Waals surface area contributed by atoms with Crippen molar-refractivity contribution in [3.05, 3.63) is 76.1 Å². The summed E-state index contributed by atoms with van der Waals surface area (Å²) in [6.45, 7) is 0.327. The zero-order chi connectivity index (χ0) is 19.5. The molecule has 4 rings (SSSR count). The Hall–Kier alpha value is -3.10. The van der Waals surface area contributed by atoms with Crippen LogP contribution >= 0.6 is 22.9 Å². The van der Waals surface area contributed by atoms with Gasteiger partial charge in [-0.3, -0.25) is 4.79 Å². The Morgan fingerprint density at radius 2 is 2.00 bits per heavy atom. The molecular weight excluding hydrogens is 403 g/mol. The molecule has 1 amide bonds. The molecule has 9 heteroatoms. The van der Waals surface area contributed by atoms with Crippen molar-refractivity contribution in [2.24, 2.45) is 0 Å². The zero-order valence-corrected chi connectivity index (χ0v) is 15.8. The summed E-state index contributed by atoms with van der Waals surface area (Å²) in [7, 11) is 0. The lowest BCUT2D eigenvalue weighted by Crippen LogP contribution is -2.22. The SMILES string of the molecule is O=C(NCc1ccc(-c2nc(-c3ccc(F)cc3)no2)s1)c1cccnc1Cl. The first-order valence-electron chi connectivity index (χ1n) is 8.17. The van der Waals surface area contributed by atoms with Gasteiger partial charge in [0.2, 0.25) is 5.82 Å². The Morgan fingerprint density at radius 1 is 1.18 bits per heavy atom. The van der Waals surface area contributed by atoms with E-state index < -0.39 is 0 Å². The van der Waals surface area contributed by atoms with Crippen molar-refractivity contribution in [2.45, 2.75) is 6.54 Å². The van der Waals surface area contributed by atoms with Crippen LogP contribution in [-0.2, 0) is 6.54 Å². The molecule has 0 fully saturated rings. The Labute approximate surface area is 168 Å². The summed E-state index contributed by atoms with van der Waals surface area (Å²) in [5, 5.41) is 6.89. The number of nitrogens with zero attached hydrogens (tertiary/aromatic N) is 3. The normalized spacial score (nSPS) is 10.8. The number of nitrogens with one attached hydrogen (secondary N) is 1. The molecule has 0 bridgehead atoms. The first kappa shape index (κ1) is 18.3. The average Bonchev–Trinajstić information content (AvgIpc) is 3.36. The first-order valence-corrected chi connectivity index (χ1v) is 9.37. The predicted molar refractivity (Wildman–Crippen MR) is 103 cm³/mol. The molecule has 3 heterocycles. The van der Waals surface area contributed by atoms with Gasteiger partial charge in [0.15, 0.2) is 0 Å². The fraction of sp³-hybridized carbons (Fsp3) is 0.0526. The van der Waals surface area contributed by atoms with Crippen molar-refractivity contribution in [3.8, 4) is 22.2 Å². The first-order chi connectivity index (χ1) is 13.6. The van der Waals surface area contributed by atoms with Crippen LogP contribution in [0.5, 0.6) is 0 Å². The highest BCUT2D eigenvalue weighted by atomic mass is 35.5. The minimum Gasteiger partial charge on any atom is -0.347 e. The van der Waals surface area contributed by atoms with E-state index in [0.717, 1.165) is 9.75 Å². The Morgan fingerprint density at radius 3 is 2.79 bits per heavy atom. The molecule has 0 radical (unpaired) electrons. The van der Waals surface area contributed by atoms with E-state index in [9.17, 15) is 9.18 Å². The number of thiophene rings is 1. The maximum absolute atomic E-state index is 13.0. The molecule has 140 valence electrons. The molecule has 0 saturated heterocycles. The number of amides is 1. The lowest BCUT2D eigenvalue weighted by Gasteiger charge is -2.04. The summed E-state index contributed by atoms with van der Waals surface area (Å²) in [6, 6.07) is 12.8. The summed E-state index contributed by atoms with van der Waals surface area (Å²) in [4.78, 5) is 22.1. The van der Waals surface area contributed by atoms with Crippen molar-refractivity contribution in [3.63, 3.8) is 0 Å². The quantitative estimate of drug-likeness (QED) is 0.483. The number of aromatic nitrogens is 3. The molecule has 3 aromatic heterocycles. The van der Waals surface area contributed by atoms with Crippen molar-refractivity contribution in [1.82, 2.24) is 20.4 Å². The largest absolute Gasteiger partial charge is 0.347 e. The van der Waals surface area contributed by atoms with E-state index in [1.54, 1.807) is 24.3 Å². The van der Waals surface area contributed by atoms with Gasteiger partial charge in [0.05, 0.1) is 17.0 Å². The third kappa shape index (κ3) is 3.92. The van der Waals surface area contributed by atoms with Gasteiger partial charge in [-0.2, -0.15) is 4.98 Å². The van der Waals surface area contributed by atoms with Gasteiger partial charge in [0, 0.05) is 16.6 Å². The summed E-state index contributed by atoms with van der Waals surface area (Å²) in [6.07, 6.45) is 1.52. The molecule has 0 aliphatic rings.